The van der Waals surface area contributed by atoms with Crippen molar-refractivity contribution in [2.45, 2.75) is 4.90 Å². The highest BCUT2D eigenvalue weighted by molar-refractivity contribution is 7.92. The van der Waals surface area contributed by atoms with Crippen LogP contribution in [-0.4, -0.2) is 19.6 Å². The molecule has 1 aromatic heterocycles. The van der Waals surface area contributed by atoms with Crippen molar-refractivity contribution in [3.05, 3.63) is 80.0 Å². The number of nitro groups is 1. The zero-order valence-electron chi connectivity index (χ0n) is 14.1. The monoisotopic (exact) mass is 436 g/mol. The minimum Gasteiger partial charge on any atom is -0.280 e. The average molecular weight is 437 g/mol. The van der Waals surface area contributed by atoms with Crippen LogP contribution < -0.4 is 10.1 Å². The smallest absolute Gasteiger partial charge is 0.280 e. The Labute approximate surface area is 169 Å². The number of rotatable bonds is 7. The molecule has 2 N–H and O–H groups in total. The van der Waals surface area contributed by atoms with E-state index in [0.29, 0.717) is 5.02 Å². The van der Waals surface area contributed by atoms with E-state index in [2.05, 4.69) is 15.2 Å². The van der Waals surface area contributed by atoms with E-state index in [4.69, 9.17) is 11.6 Å². The fourth-order valence-electron chi connectivity index (χ4n) is 2.22. The summed E-state index contributed by atoms with van der Waals surface area (Å²) < 4.78 is 27.4. The molecule has 144 valence electrons. The van der Waals surface area contributed by atoms with Gasteiger partial charge in [-0.15, -0.1) is 0 Å². The van der Waals surface area contributed by atoms with Gasteiger partial charge in [0.2, 0.25) is 0 Å². The highest BCUT2D eigenvalue weighted by Crippen LogP contribution is 2.29. The number of halogens is 1. The molecule has 0 aliphatic rings. The van der Waals surface area contributed by atoms with Gasteiger partial charge in [-0.2, -0.15) is 16.4 Å². The van der Waals surface area contributed by atoms with Crippen LogP contribution in [0.15, 0.2) is 69.3 Å². The summed E-state index contributed by atoms with van der Waals surface area (Å²) in [5, 5.41) is 19.4. The van der Waals surface area contributed by atoms with Crippen LogP contribution in [0.4, 0.5) is 17.1 Å². The van der Waals surface area contributed by atoms with Gasteiger partial charge in [0.25, 0.3) is 15.7 Å². The van der Waals surface area contributed by atoms with Gasteiger partial charge in [0.15, 0.2) is 0 Å². The maximum absolute atomic E-state index is 12.5. The molecular formula is C17H13ClN4O4S2. The van der Waals surface area contributed by atoms with Crippen LogP contribution in [0, 0.1) is 10.1 Å². The number of benzene rings is 2. The van der Waals surface area contributed by atoms with Crippen LogP contribution in [0.25, 0.3) is 0 Å². The third kappa shape index (κ3) is 4.85. The molecule has 0 atom stereocenters. The Balaban J connectivity index is 1.86. The number of hydrazone groups is 1. The highest BCUT2D eigenvalue weighted by Gasteiger charge is 2.21. The molecule has 11 heteroatoms. The second-order valence-electron chi connectivity index (χ2n) is 5.48. The molecule has 0 spiro atoms. The molecule has 0 saturated heterocycles. The van der Waals surface area contributed by atoms with Crippen molar-refractivity contribution < 1.29 is 13.3 Å². The number of nitrogens with zero attached hydrogens (tertiary/aromatic N) is 2. The zero-order chi connectivity index (χ0) is 20.1. The maximum Gasteiger partial charge on any atom is 0.295 e. The van der Waals surface area contributed by atoms with Crippen LogP contribution in [-0.2, 0) is 10.0 Å². The molecule has 0 aliphatic carbocycles. The average Bonchev–Trinajstić information content (AvgIpc) is 3.14. The molecule has 28 heavy (non-hydrogen) atoms. The lowest BCUT2D eigenvalue weighted by atomic mass is 10.3. The Kier molecular flexibility index (Phi) is 5.93. The fraction of sp³-hybridized carbons (Fsp3) is 0. The van der Waals surface area contributed by atoms with Crippen molar-refractivity contribution in [1.29, 1.82) is 0 Å². The summed E-state index contributed by atoms with van der Waals surface area (Å²) >= 11 is 7.34. The van der Waals surface area contributed by atoms with Gasteiger partial charge in [-0.1, -0.05) is 17.7 Å². The third-order valence-corrected chi connectivity index (χ3v) is 5.81. The first-order valence-corrected chi connectivity index (χ1v) is 10.5. The third-order valence-electron chi connectivity index (χ3n) is 3.49. The Bertz CT molecular complexity index is 1130. The standard InChI is InChI=1S/C17H13ClN4O4S2/c18-13-2-1-3-14(8-13)21-28(25,26)15-4-5-16(17(9-15)22(23)24)20-19-10-12-6-7-27-11-12/h1-11,20-21H/b19-10+. The number of nitrogens with one attached hydrogen (secondary N) is 2. The van der Waals surface area contributed by atoms with Crippen molar-refractivity contribution in [3.8, 4) is 0 Å². The summed E-state index contributed by atoms with van der Waals surface area (Å²) in [6.07, 6.45) is 1.51. The molecule has 0 saturated carbocycles. The second kappa shape index (κ2) is 8.38. The summed E-state index contributed by atoms with van der Waals surface area (Å²) in [5.41, 5.74) is 3.30. The minimum atomic E-state index is -4.04. The molecule has 0 unspecified atom stereocenters. The first-order valence-electron chi connectivity index (χ1n) is 7.73. The molecule has 0 aliphatic heterocycles. The van der Waals surface area contributed by atoms with Gasteiger partial charge in [-0.3, -0.25) is 20.3 Å². The van der Waals surface area contributed by atoms with Gasteiger partial charge >= 0.3 is 0 Å². The van der Waals surface area contributed by atoms with E-state index >= 15 is 0 Å². The molecule has 0 fully saturated rings. The van der Waals surface area contributed by atoms with Crippen molar-refractivity contribution in [3.63, 3.8) is 0 Å². The van der Waals surface area contributed by atoms with Crippen molar-refractivity contribution in [2.75, 3.05) is 10.1 Å². The number of sulfonamides is 1. The maximum atomic E-state index is 12.5. The number of hydrogen-bond donors (Lipinski definition) is 2. The summed E-state index contributed by atoms with van der Waals surface area (Å²) in [6, 6.07) is 11.5. The summed E-state index contributed by atoms with van der Waals surface area (Å²) in [6.45, 7) is 0. The Morgan fingerprint density at radius 2 is 2.00 bits per heavy atom. The Morgan fingerprint density at radius 3 is 2.68 bits per heavy atom. The first-order chi connectivity index (χ1) is 13.3. The Morgan fingerprint density at radius 1 is 1.18 bits per heavy atom. The number of thiophene rings is 1. The highest BCUT2D eigenvalue weighted by atomic mass is 35.5. The van der Waals surface area contributed by atoms with Crippen LogP contribution in [0.3, 0.4) is 0 Å². The van der Waals surface area contributed by atoms with E-state index in [9.17, 15) is 18.5 Å². The largest absolute Gasteiger partial charge is 0.295 e. The number of anilines is 2. The molecule has 2 aromatic carbocycles. The van der Waals surface area contributed by atoms with E-state index in [1.807, 2.05) is 16.8 Å². The van der Waals surface area contributed by atoms with Gasteiger partial charge in [-0.05, 0) is 47.2 Å². The van der Waals surface area contributed by atoms with Crippen LogP contribution in [0.1, 0.15) is 5.56 Å². The number of hydrogen-bond acceptors (Lipinski definition) is 7. The topological polar surface area (TPSA) is 114 Å². The lowest BCUT2D eigenvalue weighted by molar-refractivity contribution is -0.384. The van der Waals surface area contributed by atoms with Gasteiger partial charge < -0.3 is 0 Å². The lowest BCUT2D eigenvalue weighted by Gasteiger charge is -2.09. The second-order valence-corrected chi connectivity index (χ2v) is 8.38. The van der Waals surface area contributed by atoms with Crippen LogP contribution >= 0.6 is 22.9 Å². The van der Waals surface area contributed by atoms with Gasteiger partial charge in [0.05, 0.1) is 21.7 Å². The lowest BCUT2D eigenvalue weighted by Crippen LogP contribution is -2.13. The fourth-order valence-corrected chi connectivity index (χ4v) is 4.09. The molecule has 8 nitrogen and oxygen atoms in total. The van der Waals surface area contributed by atoms with E-state index in [1.165, 1.54) is 41.8 Å². The summed E-state index contributed by atoms with van der Waals surface area (Å²) in [5.74, 6) is 0. The predicted molar refractivity (Wildman–Crippen MR) is 111 cm³/mol. The van der Waals surface area contributed by atoms with Crippen LogP contribution in [0.2, 0.25) is 5.02 Å². The van der Waals surface area contributed by atoms with E-state index < -0.39 is 20.6 Å². The van der Waals surface area contributed by atoms with Crippen molar-refractivity contribution >= 4 is 56.2 Å². The molecule has 3 aromatic rings. The van der Waals surface area contributed by atoms with Crippen molar-refractivity contribution in [2.24, 2.45) is 5.10 Å². The molecule has 1 heterocycles. The zero-order valence-corrected chi connectivity index (χ0v) is 16.5. The molecular weight excluding hydrogens is 424 g/mol. The summed E-state index contributed by atoms with van der Waals surface area (Å²) in [7, 11) is -4.04. The van der Waals surface area contributed by atoms with Gasteiger partial charge in [0, 0.05) is 16.7 Å². The SMILES string of the molecule is O=[N+]([O-])c1cc(S(=O)(=O)Nc2cccc(Cl)c2)ccc1N/N=C/c1ccsc1. The first kappa shape index (κ1) is 19.8. The summed E-state index contributed by atoms with van der Waals surface area (Å²) in [4.78, 5) is 10.4. The van der Waals surface area contributed by atoms with E-state index in [-0.39, 0.29) is 16.3 Å². The normalized spacial score (nSPS) is 11.5. The van der Waals surface area contributed by atoms with Gasteiger partial charge in [0.1, 0.15) is 5.69 Å². The minimum absolute atomic E-state index is 0.0678. The molecule has 3 rings (SSSR count). The quantitative estimate of drug-likeness (QED) is 0.320. The van der Waals surface area contributed by atoms with E-state index in [1.54, 1.807) is 12.1 Å². The predicted octanol–water partition coefficient (Wildman–Crippen LogP) is 4.56. The molecule has 0 radical (unpaired) electrons. The number of nitro benzene ring substituents is 1. The van der Waals surface area contributed by atoms with Crippen molar-refractivity contribution in [1.82, 2.24) is 0 Å². The van der Waals surface area contributed by atoms with Crippen LogP contribution in [0.5, 0.6) is 0 Å². The molecule has 0 bridgehead atoms. The Hall–Kier alpha value is -2.95. The van der Waals surface area contributed by atoms with E-state index in [0.717, 1.165) is 11.6 Å². The van der Waals surface area contributed by atoms with Gasteiger partial charge in [-0.25, -0.2) is 8.42 Å². The molecule has 0 amide bonds.